The molecule has 4 aliphatic rings. The normalized spacial score (nSPS) is 33.8. The Hall–Kier alpha value is -1.77. The van der Waals surface area contributed by atoms with Crippen molar-refractivity contribution in [3.8, 4) is 0 Å². The van der Waals surface area contributed by atoms with Crippen LogP contribution < -0.4 is 0 Å². The van der Waals surface area contributed by atoms with E-state index >= 15 is 0 Å². The molecule has 3 saturated carbocycles. The fraction of sp³-hybridized carbons (Fsp3) is 0.500. The molecule has 3 aliphatic carbocycles. The smallest absolute Gasteiger partial charge is 0.289 e. The van der Waals surface area contributed by atoms with Crippen LogP contribution in [0.2, 0.25) is 0 Å². The van der Waals surface area contributed by atoms with Crippen molar-refractivity contribution in [3.63, 3.8) is 0 Å². The van der Waals surface area contributed by atoms with Crippen molar-refractivity contribution in [3.05, 3.63) is 36.1 Å². The Morgan fingerprint density at radius 3 is 2.90 bits per heavy atom. The Labute approximate surface area is 123 Å². The van der Waals surface area contributed by atoms with Crippen molar-refractivity contribution in [2.45, 2.75) is 31.7 Å². The third-order valence-electron chi connectivity index (χ3n) is 5.95. The predicted octanol–water partition coefficient (Wildman–Crippen LogP) is 3.69. The number of fused-ring (bicyclic) bond motifs is 2. The van der Waals surface area contributed by atoms with Gasteiger partial charge in [0.1, 0.15) is 5.58 Å². The Morgan fingerprint density at radius 2 is 2.10 bits per heavy atom. The average Bonchev–Trinajstić information content (AvgIpc) is 3.06. The van der Waals surface area contributed by atoms with Gasteiger partial charge in [-0.25, -0.2) is 0 Å². The predicted molar refractivity (Wildman–Crippen MR) is 80.0 cm³/mol. The lowest BCUT2D eigenvalue weighted by Gasteiger charge is -2.42. The topological polar surface area (TPSA) is 33.5 Å². The van der Waals surface area contributed by atoms with Crippen LogP contribution in [0.4, 0.5) is 0 Å². The minimum Gasteiger partial charge on any atom is -0.451 e. The molecular weight excluding hydrogens is 262 g/mol. The first-order chi connectivity index (χ1) is 10.3. The van der Waals surface area contributed by atoms with Gasteiger partial charge in [0.2, 0.25) is 0 Å². The number of amides is 1. The van der Waals surface area contributed by atoms with Crippen molar-refractivity contribution < 1.29 is 9.21 Å². The van der Waals surface area contributed by atoms with Gasteiger partial charge in [0, 0.05) is 18.0 Å². The maximum Gasteiger partial charge on any atom is 0.289 e. The maximum atomic E-state index is 12.9. The average molecular weight is 281 g/mol. The quantitative estimate of drug-likeness (QED) is 0.798. The highest BCUT2D eigenvalue weighted by molar-refractivity contribution is 5.96. The molecule has 108 valence electrons. The Balaban J connectivity index is 1.49. The fourth-order valence-corrected chi connectivity index (χ4v) is 5.04. The van der Waals surface area contributed by atoms with Crippen LogP contribution in [0.3, 0.4) is 0 Å². The highest BCUT2D eigenvalue weighted by Gasteiger charge is 2.51. The molecule has 1 amide bonds. The molecule has 3 nitrogen and oxygen atoms in total. The molecule has 0 radical (unpaired) electrons. The third-order valence-corrected chi connectivity index (χ3v) is 5.95. The van der Waals surface area contributed by atoms with Gasteiger partial charge in [-0.05, 0) is 49.1 Å². The molecular formula is C18H19NO2. The number of benzene rings is 1. The standard InChI is InChI=1S/C18H19NO2/c20-18(17-9-12-3-1-2-4-16(12)21-17)19-10-13-7-11-5-6-14(13)15(19)8-11/h1-4,9,11,13-15H,5-8,10H2/t11-,13+,14?,15+/m1/s1. The van der Waals surface area contributed by atoms with Gasteiger partial charge in [0.15, 0.2) is 5.76 Å². The van der Waals surface area contributed by atoms with E-state index in [1.54, 1.807) is 0 Å². The number of hydrogen-bond donors (Lipinski definition) is 0. The lowest BCUT2D eigenvalue weighted by molar-refractivity contribution is 0.0584. The van der Waals surface area contributed by atoms with E-state index in [4.69, 9.17) is 4.42 Å². The summed E-state index contributed by atoms with van der Waals surface area (Å²) < 4.78 is 5.78. The summed E-state index contributed by atoms with van der Waals surface area (Å²) in [5.41, 5.74) is 0.810. The SMILES string of the molecule is O=C(c1cc2ccccc2o1)N1C[C@@H]2C[C@H]3CCC2[C@@H]1C3. The minimum atomic E-state index is 0.103. The summed E-state index contributed by atoms with van der Waals surface area (Å²) in [5, 5.41) is 1.02. The molecule has 21 heavy (non-hydrogen) atoms. The van der Waals surface area contributed by atoms with E-state index in [2.05, 4.69) is 4.90 Å². The van der Waals surface area contributed by atoms with Crippen LogP contribution in [0.5, 0.6) is 0 Å². The summed E-state index contributed by atoms with van der Waals surface area (Å²) in [7, 11) is 0. The fourth-order valence-electron chi connectivity index (χ4n) is 5.04. The van der Waals surface area contributed by atoms with Crippen LogP contribution in [0.15, 0.2) is 34.7 Å². The van der Waals surface area contributed by atoms with Gasteiger partial charge in [0.05, 0.1) is 0 Å². The summed E-state index contributed by atoms with van der Waals surface area (Å²) in [5.74, 6) is 2.98. The second-order valence-corrected chi connectivity index (χ2v) is 7.01. The maximum absolute atomic E-state index is 12.9. The molecule has 3 heteroatoms. The van der Waals surface area contributed by atoms with E-state index in [0.29, 0.717) is 11.8 Å². The second-order valence-electron chi connectivity index (χ2n) is 7.01. The van der Waals surface area contributed by atoms with E-state index in [-0.39, 0.29) is 5.91 Å². The van der Waals surface area contributed by atoms with Gasteiger partial charge in [-0.15, -0.1) is 0 Å². The monoisotopic (exact) mass is 281 g/mol. The van der Waals surface area contributed by atoms with Crippen LogP contribution in [0.25, 0.3) is 11.0 Å². The van der Waals surface area contributed by atoms with Crippen LogP contribution in [0.1, 0.15) is 36.2 Å². The third kappa shape index (κ3) is 1.63. The molecule has 2 heterocycles. The second kappa shape index (κ2) is 4.12. The van der Waals surface area contributed by atoms with Crippen LogP contribution in [-0.2, 0) is 0 Å². The molecule has 1 aromatic heterocycles. The molecule has 1 aliphatic heterocycles. The molecule has 1 aromatic carbocycles. The number of nitrogens with zero attached hydrogens (tertiary/aromatic N) is 1. The van der Waals surface area contributed by atoms with Crippen molar-refractivity contribution >= 4 is 16.9 Å². The highest BCUT2D eigenvalue weighted by Crippen LogP contribution is 2.51. The number of likely N-dealkylation sites (tertiary alicyclic amines) is 1. The number of furan rings is 1. The molecule has 0 N–H and O–H groups in total. The number of carbonyl (C=O) groups is 1. The number of carbonyl (C=O) groups excluding carboxylic acids is 1. The molecule has 4 bridgehead atoms. The summed E-state index contributed by atoms with van der Waals surface area (Å²) in [6.45, 7) is 0.946. The van der Waals surface area contributed by atoms with E-state index in [1.165, 1.54) is 25.7 Å². The Bertz CT molecular complexity index is 686. The summed E-state index contributed by atoms with van der Waals surface area (Å²) in [4.78, 5) is 15.0. The summed E-state index contributed by atoms with van der Waals surface area (Å²) >= 11 is 0. The van der Waals surface area contributed by atoms with Crippen molar-refractivity contribution in [2.75, 3.05) is 6.54 Å². The van der Waals surface area contributed by atoms with E-state index in [9.17, 15) is 4.79 Å². The summed E-state index contributed by atoms with van der Waals surface area (Å²) in [6.07, 6.45) is 5.26. The zero-order valence-corrected chi connectivity index (χ0v) is 12.0. The molecule has 4 atom stereocenters. The first kappa shape index (κ1) is 11.8. The zero-order valence-electron chi connectivity index (χ0n) is 12.0. The van der Waals surface area contributed by atoms with Crippen LogP contribution in [-0.4, -0.2) is 23.4 Å². The van der Waals surface area contributed by atoms with E-state index in [1.807, 2.05) is 30.3 Å². The van der Waals surface area contributed by atoms with Gasteiger partial charge in [0.25, 0.3) is 5.91 Å². The lowest BCUT2D eigenvalue weighted by atomic mass is 9.65. The van der Waals surface area contributed by atoms with Gasteiger partial charge in [-0.3, -0.25) is 4.79 Å². The first-order valence-corrected chi connectivity index (χ1v) is 8.09. The number of hydrogen-bond acceptors (Lipinski definition) is 2. The summed E-state index contributed by atoms with van der Waals surface area (Å²) in [6, 6.07) is 10.2. The Kier molecular flexibility index (Phi) is 2.33. The largest absolute Gasteiger partial charge is 0.451 e. The van der Waals surface area contributed by atoms with Gasteiger partial charge in [-0.1, -0.05) is 24.6 Å². The lowest BCUT2D eigenvalue weighted by Crippen LogP contribution is -2.42. The highest BCUT2D eigenvalue weighted by atomic mass is 16.3. The molecule has 2 aromatic rings. The number of para-hydroxylation sites is 1. The van der Waals surface area contributed by atoms with Crippen molar-refractivity contribution in [1.29, 1.82) is 0 Å². The first-order valence-electron chi connectivity index (χ1n) is 8.09. The van der Waals surface area contributed by atoms with E-state index < -0.39 is 0 Å². The van der Waals surface area contributed by atoms with Gasteiger partial charge in [-0.2, -0.15) is 0 Å². The zero-order chi connectivity index (χ0) is 14.0. The van der Waals surface area contributed by atoms with E-state index in [0.717, 1.165) is 35.3 Å². The molecule has 4 fully saturated rings. The van der Waals surface area contributed by atoms with Crippen LogP contribution >= 0.6 is 0 Å². The van der Waals surface area contributed by atoms with Gasteiger partial charge >= 0.3 is 0 Å². The minimum absolute atomic E-state index is 0.103. The molecule has 1 saturated heterocycles. The van der Waals surface area contributed by atoms with Crippen molar-refractivity contribution in [2.24, 2.45) is 17.8 Å². The number of rotatable bonds is 1. The van der Waals surface area contributed by atoms with Crippen molar-refractivity contribution in [1.82, 2.24) is 4.90 Å². The van der Waals surface area contributed by atoms with Gasteiger partial charge < -0.3 is 9.32 Å². The molecule has 1 unspecified atom stereocenters. The molecule has 6 rings (SSSR count). The Morgan fingerprint density at radius 1 is 1.19 bits per heavy atom. The van der Waals surface area contributed by atoms with Crippen LogP contribution in [0, 0.1) is 17.8 Å². The molecule has 0 spiro atoms.